The molecule has 0 N–H and O–H groups in total. The largest absolute Gasteiger partial charge is 0.370 e. The van der Waals surface area contributed by atoms with Crippen molar-refractivity contribution >= 4 is 5.57 Å². The first kappa shape index (κ1) is 14.5. The second-order valence-electron chi connectivity index (χ2n) is 6.12. The summed E-state index contributed by atoms with van der Waals surface area (Å²) in [5, 5.41) is 0. The van der Waals surface area contributed by atoms with Crippen molar-refractivity contribution in [2.45, 2.75) is 31.8 Å². The summed E-state index contributed by atoms with van der Waals surface area (Å²) in [4.78, 5) is 6.89. The third-order valence-electron chi connectivity index (χ3n) is 4.34. The van der Waals surface area contributed by atoms with Gasteiger partial charge in [0.05, 0.1) is 17.9 Å². The molecule has 21 heavy (non-hydrogen) atoms. The monoisotopic (exact) mass is 284 g/mol. The number of aromatic nitrogens is 1. The summed E-state index contributed by atoms with van der Waals surface area (Å²) in [6.07, 6.45) is 12.0. The van der Waals surface area contributed by atoms with Crippen molar-refractivity contribution in [1.82, 2.24) is 9.88 Å². The van der Waals surface area contributed by atoms with E-state index in [-0.39, 0.29) is 5.60 Å². The zero-order valence-corrected chi connectivity index (χ0v) is 12.8. The molecule has 3 nitrogen and oxygen atoms in total. The molecule has 0 bridgehead atoms. The van der Waals surface area contributed by atoms with E-state index < -0.39 is 0 Å². The lowest BCUT2D eigenvalue weighted by molar-refractivity contribution is -0.00157. The van der Waals surface area contributed by atoms with Crippen molar-refractivity contribution in [3.8, 4) is 0 Å². The molecule has 1 fully saturated rings. The Hall–Kier alpha value is -1.45. The maximum atomic E-state index is 6.12. The first-order valence-electron chi connectivity index (χ1n) is 7.92. The highest BCUT2D eigenvalue weighted by Gasteiger charge is 2.24. The molecule has 1 aliphatic carbocycles. The Labute approximate surface area is 127 Å². The van der Waals surface area contributed by atoms with Crippen LogP contribution in [0.2, 0.25) is 0 Å². The van der Waals surface area contributed by atoms with Gasteiger partial charge in [0, 0.05) is 12.7 Å². The van der Waals surface area contributed by atoms with E-state index in [0.29, 0.717) is 0 Å². The smallest absolute Gasteiger partial charge is 0.0872 e. The molecule has 2 heterocycles. The van der Waals surface area contributed by atoms with E-state index in [9.17, 15) is 0 Å². The van der Waals surface area contributed by atoms with Crippen LogP contribution >= 0.6 is 0 Å². The van der Waals surface area contributed by atoms with Crippen molar-refractivity contribution in [2.24, 2.45) is 0 Å². The van der Waals surface area contributed by atoms with Crippen LogP contribution in [0.1, 0.15) is 31.9 Å². The minimum Gasteiger partial charge on any atom is -0.370 e. The number of allylic oxidation sites excluding steroid dienone is 2. The molecule has 3 heteroatoms. The van der Waals surface area contributed by atoms with Gasteiger partial charge >= 0.3 is 0 Å². The number of rotatable bonds is 5. The van der Waals surface area contributed by atoms with Gasteiger partial charge in [0.2, 0.25) is 0 Å². The fourth-order valence-electron chi connectivity index (χ4n) is 2.96. The first-order chi connectivity index (χ1) is 10.3. The zero-order valence-electron chi connectivity index (χ0n) is 12.8. The maximum absolute atomic E-state index is 6.12. The fraction of sp³-hybridized carbons (Fsp3) is 0.500. The van der Waals surface area contributed by atoms with E-state index >= 15 is 0 Å². The highest BCUT2D eigenvalue weighted by atomic mass is 16.5. The van der Waals surface area contributed by atoms with Crippen LogP contribution in [0, 0.1) is 0 Å². The quantitative estimate of drug-likeness (QED) is 0.829. The molecule has 3 rings (SSSR count). The summed E-state index contributed by atoms with van der Waals surface area (Å²) in [6, 6.07) is 6.02. The molecule has 1 aromatic rings. The molecular formula is C18H24N2O. The predicted molar refractivity (Wildman–Crippen MR) is 86.0 cm³/mol. The number of ether oxygens (including phenoxy) is 1. The summed E-state index contributed by atoms with van der Waals surface area (Å²) in [7, 11) is 0. The van der Waals surface area contributed by atoms with Gasteiger partial charge in [-0.3, -0.25) is 4.98 Å². The number of hydrogen-bond acceptors (Lipinski definition) is 3. The van der Waals surface area contributed by atoms with Gasteiger partial charge in [-0.05, 0) is 57.0 Å². The van der Waals surface area contributed by atoms with Gasteiger partial charge in [-0.1, -0.05) is 24.3 Å². The average Bonchev–Trinajstić information content (AvgIpc) is 3.02. The molecule has 2 aliphatic rings. The molecule has 0 saturated carbocycles. The highest BCUT2D eigenvalue weighted by Crippen LogP contribution is 2.28. The van der Waals surface area contributed by atoms with Gasteiger partial charge in [-0.15, -0.1) is 0 Å². The van der Waals surface area contributed by atoms with Crippen LogP contribution in [0.15, 0.2) is 42.6 Å². The number of nitrogens with zero attached hydrogens (tertiary/aromatic N) is 2. The molecule has 1 aromatic heterocycles. The van der Waals surface area contributed by atoms with Crippen molar-refractivity contribution < 1.29 is 4.74 Å². The van der Waals surface area contributed by atoms with Crippen LogP contribution in [0.3, 0.4) is 0 Å². The van der Waals surface area contributed by atoms with Gasteiger partial charge < -0.3 is 9.64 Å². The third kappa shape index (κ3) is 3.80. The summed E-state index contributed by atoms with van der Waals surface area (Å²) < 4.78 is 6.12. The summed E-state index contributed by atoms with van der Waals surface area (Å²) in [5.41, 5.74) is 2.06. The number of hydrogen-bond donors (Lipinski definition) is 0. The van der Waals surface area contributed by atoms with Gasteiger partial charge in [-0.25, -0.2) is 0 Å². The van der Waals surface area contributed by atoms with E-state index in [1.807, 2.05) is 24.4 Å². The van der Waals surface area contributed by atoms with E-state index in [1.54, 1.807) is 0 Å². The topological polar surface area (TPSA) is 25.4 Å². The lowest BCUT2D eigenvalue weighted by atomic mass is 9.92. The Morgan fingerprint density at radius 3 is 2.81 bits per heavy atom. The Kier molecular flexibility index (Phi) is 4.51. The second-order valence-corrected chi connectivity index (χ2v) is 6.12. The molecule has 1 aliphatic heterocycles. The Morgan fingerprint density at radius 1 is 1.29 bits per heavy atom. The van der Waals surface area contributed by atoms with Crippen LogP contribution in [0.25, 0.3) is 5.57 Å². The summed E-state index contributed by atoms with van der Waals surface area (Å²) in [6.45, 7) is 6.51. The molecular weight excluding hydrogens is 260 g/mol. The minimum atomic E-state index is -0.169. The standard InChI is InChI=1S/C18H24N2O/c1-18(21-15-14-20-12-4-5-13-20)9-7-16(8-10-18)17-6-2-3-11-19-17/h2-3,6-9,11H,4-5,10,12-15H2,1H3. The molecule has 1 unspecified atom stereocenters. The lowest BCUT2D eigenvalue weighted by Gasteiger charge is -2.29. The minimum absolute atomic E-state index is 0.169. The van der Waals surface area contributed by atoms with Crippen LogP contribution in [-0.2, 0) is 4.74 Å². The van der Waals surface area contributed by atoms with Crippen molar-refractivity contribution in [1.29, 1.82) is 0 Å². The molecule has 1 saturated heterocycles. The van der Waals surface area contributed by atoms with Crippen molar-refractivity contribution in [3.05, 3.63) is 48.3 Å². The maximum Gasteiger partial charge on any atom is 0.0872 e. The van der Waals surface area contributed by atoms with E-state index in [2.05, 4.69) is 35.0 Å². The second kappa shape index (κ2) is 6.54. The predicted octanol–water partition coefficient (Wildman–Crippen LogP) is 3.30. The first-order valence-corrected chi connectivity index (χ1v) is 7.92. The van der Waals surface area contributed by atoms with Gasteiger partial charge in [-0.2, -0.15) is 0 Å². The fourth-order valence-corrected chi connectivity index (χ4v) is 2.96. The summed E-state index contributed by atoms with van der Waals surface area (Å²) in [5.74, 6) is 0. The third-order valence-corrected chi connectivity index (χ3v) is 4.34. The van der Waals surface area contributed by atoms with E-state index in [4.69, 9.17) is 4.74 Å². The lowest BCUT2D eigenvalue weighted by Crippen LogP contribution is -2.32. The average molecular weight is 284 g/mol. The molecule has 0 aromatic carbocycles. The van der Waals surface area contributed by atoms with Gasteiger partial charge in [0.15, 0.2) is 0 Å². The van der Waals surface area contributed by atoms with Crippen LogP contribution in [-0.4, -0.2) is 41.7 Å². The molecule has 0 spiro atoms. The van der Waals surface area contributed by atoms with Crippen LogP contribution in [0.4, 0.5) is 0 Å². The molecule has 112 valence electrons. The Morgan fingerprint density at radius 2 is 2.14 bits per heavy atom. The van der Waals surface area contributed by atoms with Gasteiger partial charge in [0.25, 0.3) is 0 Å². The molecule has 0 radical (unpaired) electrons. The Balaban J connectivity index is 1.51. The van der Waals surface area contributed by atoms with Crippen LogP contribution < -0.4 is 0 Å². The van der Waals surface area contributed by atoms with Crippen LogP contribution in [0.5, 0.6) is 0 Å². The number of pyridine rings is 1. The summed E-state index contributed by atoms with van der Waals surface area (Å²) >= 11 is 0. The van der Waals surface area contributed by atoms with E-state index in [1.165, 1.54) is 31.5 Å². The normalized spacial score (nSPS) is 26.0. The SMILES string of the molecule is CC1(OCCN2CCCC2)C=CC(c2ccccn2)=CC1. The molecule has 1 atom stereocenters. The van der Waals surface area contributed by atoms with E-state index in [0.717, 1.165) is 25.3 Å². The van der Waals surface area contributed by atoms with Gasteiger partial charge in [0.1, 0.15) is 0 Å². The van der Waals surface area contributed by atoms with Crippen molar-refractivity contribution in [3.63, 3.8) is 0 Å². The number of likely N-dealkylation sites (tertiary alicyclic amines) is 1. The molecule has 0 amide bonds. The van der Waals surface area contributed by atoms with Crippen molar-refractivity contribution in [2.75, 3.05) is 26.2 Å². The highest BCUT2D eigenvalue weighted by molar-refractivity contribution is 5.73. The zero-order chi connectivity index (χ0) is 14.5. The Bertz CT molecular complexity index is 517.